The van der Waals surface area contributed by atoms with E-state index in [0.717, 1.165) is 41.1 Å². The molecule has 2 aromatic rings. The van der Waals surface area contributed by atoms with Crippen LogP contribution in [0.25, 0.3) is 11.3 Å². The fraction of sp³-hybridized carbons (Fsp3) is 0.231. The van der Waals surface area contributed by atoms with E-state index in [4.69, 9.17) is 4.42 Å². The highest BCUT2D eigenvalue weighted by atomic mass is 79.9. The number of benzene rings is 1. The largest absolute Gasteiger partial charge is 0.459 e. The van der Waals surface area contributed by atoms with Gasteiger partial charge in [-0.3, -0.25) is 0 Å². The second kappa shape index (κ2) is 4.07. The zero-order valence-electron chi connectivity index (χ0n) is 8.79. The normalized spacial score (nSPS) is 14.8. The van der Waals surface area contributed by atoms with Crippen LogP contribution in [0.1, 0.15) is 11.3 Å². The van der Waals surface area contributed by atoms with Crippen molar-refractivity contribution in [3.63, 3.8) is 0 Å². The van der Waals surface area contributed by atoms with Crippen molar-refractivity contribution in [2.75, 3.05) is 6.54 Å². The minimum Gasteiger partial charge on any atom is -0.459 e. The molecule has 16 heavy (non-hydrogen) atoms. The smallest absolute Gasteiger partial charge is 0.134 e. The molecule has 0 aliphatic carbocycles. The van der Waals surface area contributed by atoms with Gasteiger partial charge in [0.2, 0.25) is 0 Å². The lowest BCUT2D eigenvalue weighted by molar-refractivity contribution is 0.472. The standard InChI is InChI=1S/C13H12BrNO/c14-11-3-1-2-9(6-11)12-7-10-4-5-15-8-13(10)16-12/h1-3,6-7,15H,4-5,8H2. The summed E-state index contributed by atoms with van der Waals surface area (Å²) in [5, 5.41) is 3.31. The van der Waals surface area contributed by atoms with Gasteiger partial charge in [0.15, 0.2) is 0 Å². The Hall–Kier alpha value is -1.06. The minimum atomic E-state index is 0.851. The van der Waals surface area contributed by atoms with Crippen LogP contribution in [0, 0.1) is 0 Å². The lowest BCUT2D eigenvalue weighted by Gasteiger charge is -2.09. The van der Waals surface area contributed by atoms with Crippen molar-refractivity contribution in [3.8, 4) is 11.3 Å². The second-order valence-corrected chi connectivity index (χ2v) is 4.91. The molecular weight excluding hydrogens is 266 g/mol. The van der Waals surface area contributed by atoms with E-state index in [1.165, 1.54) is 5.56 Å². The quantitative estimate of drug-likeness (QED) is 0.865. The van der Waals surface area contributed by atoms with Gasteiger partial charge >= 0.3 is 0 Å². The molecular formula is C13H12BrNO. The molecule has 0 radical (unpaired) electrons. The summed E-state index contributed by atoms with van der Waals surface area (Å²) in [6, 6.07) is 10.4. The summed E-state index contributed by atoms with van der Waals surface area (Å²) in [5.41, 5.74) is 2.47. The van der Waals surface area contributed by atoms with E-state index in [0.29, 0.717) is 0 Å². The monoisotopic (exact) mass is 277 g/mol. The van der Waals surface area contributed by atoms with Crippen LogP contribution in [0.15, 0.2) is 39.2 Å². The maximum Gasteiger partial charge on any atom is 0.134 e. The lowest BCUT2D eigenvalue weighted by atomic mass is 10.1. The van der Waals surface area contributed by atoms with E-state index >= 15 is 0 Å². The van der Waals surface area contributed by atoms with Gasteiger partial charge in [0.05, 0.1) is 6.54 Å². The molecule has 1 aliphatic heterocycles. The molecule has 0 amide bonds. The molecule has 0 fully saturated rings. The lowest BCUT2D eigenvalue weighted by Crippen LogP contribution is -2.22. The molecule has 0 saturated carbocycles. The molecule has 3 rings (SSSR count). The molecule has 0 unspecified atom stereocenters. The van der Waals surface area contributed by atoms with E-state index in [9.17, 15) is 0 Å². The van der Waals surface area contributed by atoms with Gasteiger partial charge in [-0.2, -0.15) is 0 Å². The molecule has 0 saturated heterocycles. The average Bonchev–Trinajstić information content (AvgIpc) is 2.72. The van der Waals surface area contributed by atoms with Gasteiger partial charge in [0.1, 0.15) is 11.5 Å². The summed E-state index contributed by atoms with van der Waals surface area (Å²) in [5.74, 6) is 2.05. The third-order valence-corrected chi connectivity index (χ3v) is 3.36. The number of fused-ring (bicyclic) bond motifs is 1. The van der Waals surface area contributed by atoms with Crippen LogP contribution in [0.3, 0.4) is 0 Å². The summed E-state index contributed by atoms with van der Waals surface area (Å²) in [6.45, 7) is 1.90. The number of hydrogen-bond donors (Lipinski definition) is 1. The van der Waals surface area contributed by atoms with Crippen LogP contribution in [-0.4, -0.2) is 6.54 Å². The minimum absolute atomic E-state index is 0.851. The Bertz CT molecular complexity index is 495. The first-order valence-corrected chi connectivity index (χ1v) is 6.20. The molecule has 82 valence electrons. The van der Waals surface area contributed by atoms with Gasteiger partial charge < -0.3 is 9.73 Å². The van der Waals surface area contributed by atoms with Crippen LogP contribution < -0.4 is 5.32 Å². The highest BCUT2D eigenvalue weighted by Gasteiger charge is 2.15. The maximum atomic E-state index is 5.86. The van der Waals surface area contributed by atoms with Crippen molar-refractivity contribution in [2.24, 2.45) is 0 Å². The highest BCUT2D eigenvalue weighted by molar-refractivity contribution is 9.10. The number of hydrogen-bond acceptors (Lipinski definition) is 2. The summed E-state index contributed by atoms with van der Waals surface area (Å²) in [4.78, 5) is 0. The zero-order valence-corrected chi connectivity index (χ0v) is 10.4. The van der Waals surface area contributed by atoms with Crippen molar-refractivity contribution in [1.29, 1.82) is 0 Å². The van der Waals surface area contributed by atoms with Gasteiger partial charge in [-0.05, 0) is 36.7 Å². The fourth-order valence-electron chi connectivity index (χ4n) is 2.04. The molecule has 1 N–H and O–H groups in total. The fourth-order valence-corrected chi connectivity index (χ4v) is 2.44. The highest BCUT2D eigenvalue weighted by Crippen LogP contribution is 2.28. The first kappa shape index (κ1) is 10.1. The van der Waals surface area contributed by atoms with Crippen LogP contribution in [0.5, 0.6) is 0 Å². The van der Waals surface area contributed by atoms with E-state index in [1.54, 1.807) is 0 Å². The molecule has 2 nitrogen and oxygen atoms in total. The molecule has 1 aromatic heterocycles. The van der Waals surface area contributed by atoms with Crippen molar-refractivity contribution >= 4 is 15.9 Å². The number of halogens is 1. The Balaban J connectivity index is 2.03. The Morgan fingerprint density at radius 1 is 1.25 bits per heavy atom. The molecule has 1 aromatic carbocycles. The zero-order chi connectivity index (χ0) is 11.0. The summed E-state index contributed by atoms with van der Waals surface area (Å²) >= 11 is 3.48. The van der Waals surface area contributed by atoms with Crippen molar-refractivity contribution < 1.29 is 4.42 Å². The number of rotatable bonds is 1. The predicted molar refractivity (Wildman–Crippen MR) is 67.3 cm³/mol. The summed E-state index contributed by atoms with van der Waals surface area (Å²) in [7, 11) is 0. The van der Waals surface area contributed by atoms with E-state index in [-0.39, 0.29) is 0 Å². The molecule has 2 heterocycles. The van der Waals surface area contributed by atoms with E-state index < -0.39 is 0 Å². The van der Waals surface area contributed by atoms with E-state index in [1.807, 2.05) is 12.1 Å². The Morgan fingerprint density at radius 3 is 3.00 bits per heavy atom. The van der Waals surface area contributed by atoms with Gasteiger partial charge in [0, 0.05) is 10.0 Å². The van der Waals surface area contributed by atoms with Gasteiger partial charge in [-0.15, -0.1) is 0 Å². The second-order valence-electron chi connectivity index (χ2n) is 4.00. The van der Waals surface area contributed by atoms with Crippen LogP contribution in [0.4, 0.5) is 0 Å². The maximum absolute atomic E-state index is 5.86. The van der Waals surface area contributed by atoms with E-state index in [2.05, 4.69) is 39.4 Å². The first-order chi connectivity index (χ1) is 7.83. The molecule has 0 atom stereocenters. The third-order valence-electron chi connectivity index (χ3n) is 2.86. The third kappa shape index (κ3) is 1.81. The van der Waals surface area contributed by atoms with Crippen LogP contribution >= 0.6 is 15.9 Å². The molecule has 0 spiro atoms. The van der Waals surface area contributed by atoms with Crippen LogP contribution in [-0.2, 0) is 13.0 Å². The Labute approximate surface area is 103 Å². The summed E-state index contributed by atoms with van der Waals surface area (Å²) in [6.07, 6.45) is 1.06. The topological polar surface area (TPSA) is 25.2 Å². The predicted octanol–water partition coefficient (Wildman–Crippen LogP) is 3.35. The SMILES string of the molecule is Brc1cccc(-c2cc3c(o2)CNCC3)c1. The Kier molecular flexibility index (Phi) is 2.58. The van der Waals surface area contributed by atoms with Gasteiger partial charge in [0.25, 0.3) is 0 Å². The number of furan rings is 1. The molecule has 1 aliphatic rings. The number of nitrogens with one attached hydrogen (secondary N) is 1. The molecule has 0 bridgehead atoms. The average molecular weight is 278 g/mol. The first-order valence-electron chi connectivity index (χ1n) is 5.41. The van der Waals surface area contributed by atoms with Crippen LogP contribution in [0.2, 0.25) is 0 Å². The summed E-state index contributed by atoms with van der Waals surface area (Å²) < 4.78 is 6.94. The molecule has 3 heteroatoms. The van der Waals surface area contributed by atoms with Gasteiger partial charge in [-0.25, -0.2) is 0 Å². The van der Waals surface area contributed by atoms with Crippen molar-refractivity contribution in [1.82, 2.24) is 5.32 Å². The Morgan fingerprint density at radius 2 is 2.19 bits per heavy atom. The van der Waals surface area contributed by atoms with Crippen molar-refractivity contribution in [2.45, 2.75) is 13.0 Å². The van der Waals surface area contributed by atoms with Crippen molar-refractivity contribution in [3.05, 3.63) is 46.1 Å². The van der Waals surface area contributed by atoms with Gasteiger partial charge in [-0.1, -0.05) is 28.1 Å².